The van der Waals surface area contributed by atoms with Crippen molar-refractivity contribution in [3.8, 4) is 0 Å². The molecule has 0 aromatic carbocycles. The lowest BCUT2D eigenvalue weighted by Crippen LogP contribution is -2.45. The quantitative estimate of drug-likeness (QED) is 0.575. The maximum atomic E-state index is 11.3. The second-order valence-electron chi connectivity index (χ2n) is 3.51. The van der Waals surface area contributed by atoms with Gasteiger partial charge in [0.25, 0.3) is 5.91 Å². The summed E-state index contributed by atoms with van der Waals surface area (Å²) in [4.78, 5) is 14.9. The van der Waals surface area contributed by atoms with E-state index in [1.54, 1.807) is 0 Å². The van der Waals surface area contributed by atoms with Crippen LogP contribution >= 0.6 is 0 Å². The van der Waals surface area contributed by atoms with Crippen molar-refractivity contribution in [1.82, 2.24) is 20.5 Å². The lowest BCUT2D eigenvalue weighted by Gasteiger charge is -2.18. The summed E-state index contributed by atoms with van der Waals surface area (Å²) in [6.07, 6.45) is 1.28. The van der Waals surface area contributed by atoms with Crippen molar-refractivity contribution in [3.05, 3.63) is 12.2 Å². The van der Waals surface area contributed by atoms with Crippen LogP contribution in [-0.4, -0.2) is 33.2 Å². The zero-order valence-electron chi connectivity index (χ0n) is 7.66. The molecule has 1 amide bonds. The van der Waals surface area contributed by atoms with Gasteiger partial charge in [0.2, 0.25) is 5.82 Å². The average Bonchev–Trinajstić information content (AvgIpc) is 2.50. The van der Waals surface area contributed by atoms with E-state index in [1.807, 2.05) is 13.8 Å². The summed E-state index contributed by atoms with van der Waals surface area (Å²) in [5.41, 5.74) is 5.26. The van der Waals surface area contributed by atoms with E-state index in [0.29, 0.717) is 6.54 Å². The van der Waals surface area contributed by atoms with E-state index in [9.17, 15) is 4.79 Å². The van der Waals surface area contributed by atoms with Gasteiger partial charge in [0.1, 0.15) is 6.33 Å². The highest BCUT2D eigenvalue weighted by atomic mass is 16.2. The van der Waals surface area contributed by atoms with Crippen LogP contribution in [0.2, 0.25) is 0 Å². The molecule has 1 heterocycles. The first-order chi connectivity index (χ1) is 5.99. The van der Waals surface area contributed by atoms with Gasteiger partial charge in [0.05, 0.1) is 0 Å². The molecule has 0 atom stereocenters. The molecule has 72 valence electrons. The molecule has 1 aromatic rings. The van der Waals surface area contributed by atoms with Crippen LogP contribution in [0.25, 0.3) is 0 Å². The standard InChI is InChI=1S/C7H13N5O/c1-7(2,8)3-9-6(13)5-10-4-11-12-5/h4H,3,8H2,1-2H3,(H,9,13)(H,10,11,12). The Morgan fingerprint density at radius 2 is 2.46 bits per heavy atom. The van der Waals surface area contributed by atoms with E-state index in [1.165, 1.54) is 6.33 Å². The van der Waals surface area contributed by atoms with E-state index < -0.39 is 5.54 Å². The van der Waals surface area contributed by atoms with Gasteiger partial charge in [-0.3, -0.25) is 9.89 Å². The lowest BCUT2D eigenvalue weighted by molar-refractivity contribution is 0.0936. The molecule has 0 radical (unpaired) electrons. The first kappa shape index (κ1) is 9.66. The number of amides is 1. The summed E-state index contributed by atoms with van der Waals surface area (Å²) >= 11 is 0. The molecule has 0 spiro atoms. The van der Waals surface area contributed by atoms with Crippen LogP contribution in [-0.2, 0) is 0 Å². The average molecular weight is 183 g/mol. The van der Waals surface area contributed by atoms with Gasteiger partial charge in [-0.2, -0.15) is 5.10 Å². The number of nitrogens with zero attached hydrogens (tertiary/aromatic N) is 2. The van der Waals surface area contributed by atoms with Gasteiger partial charge < -0.3 is 11.1 Å². The number of H-pyrrole nitrogens is 1. The maximum absolute atomic E-state index is 11.3. The fourth-order valence-electron chi connectivity index (χ4n) is 0.707. The first-order valence-electron chi connectivity index (χ1n) is 3.91. The summed E-state index contributed by atoms with van der Waals surface area (Å²) in [7, 11) is 0. The Morgan fingerprint density at radius 1 is 1.77 bits per heavy atom. The Labute approximate surface area is 75.9 Å². The number of hydrogen-bond donors (Lipinski definition) is 3. The normalized spacial score (nSPS) is 11.3. The molecule has 0 unspecified atom stereocenters. The third kappa shape index (κ3) is 3.20. The second kappa shape index (κ2) is 3.53. The van der Waals surface area contributed by atoms with Crippen molar-refractivity contribution in [2.75, 3.05) is 6.54 Å². The van der Waals surface area contributed by atoms with E-state index in [-0.39, 0.29) is 11.7 Å². The minimum Gasteiger partial charge on any atom is -0.348 e. The predicted octanol–water partition coefficient (Wildman–Crippen LogP) is -0.728. The lowest BCUT2D eigenvalue weighted by atomic mass is 10.1. The van der Waals surface area contributed by atoms with Crippen LogP contribution in [0.15, 0.2) is 6.33 Å². The molecule has 0 saturated carbocycles. The number of hydrogen-bond acceptors (Lipinski definition) is 4. The highest BCUT2D eigenvalue weighted by Crippen LogP contribution is 1.93. The summed E-state index contributed by atoms with van der Waals surface area (Å²) in [5, 5.41) is 8.65. The van der Waals surface area contributed by atoms with Crippen molar-refractivity contribution >= 4 is 5.91 Å². The molecular formula is C7H13N5O. The molecule has 6 heteroatoms. The summed E-state index contributed by atoms with van der Waals surface area (Å²) in [6, 6.07) is 0. The Hall–Kier alpha value is -1.43. The Morgan fingerprint density at radius 3 is 2.92 bits per heavy atom. The van der Waals surface area contributed by atoms with E-state index in [2.05, 4.69) is 20.5 Å². The SMILES string of the molecule is CC(C)(N)CNC(=O)c1ncn[nH]1. The van der Waals surface area contributed by atoms with Crippen molar-refractivity contribution in [3.63, 3.8) is 0 Å². The van der Waals surface area contributed by atoms with Gasteiger partial charge >= 0.3 is 0 Å². The highest BCUT2D eigenvalue weighted by Gasteiger charge is 2.14. The summed E-state index contributed by atoms with van der Waals surface area (Å²) in [6.45, 7) is 4.05. The zero-order chi connectivity index (χ0) is 9.90. The number of carbonyl (C=O) groups excluding carboxylic acids is 1. The minimum atomic E-state index is -0.421. The Kier molecular flexibility index (Phi) is 2.62. The number of rotatable bonds is 3. The van der Waals surface area contributed by atoms with Gasteiger partial charge in [-0.25, -0.2) is 4.98 Å². The number of nitrogens with one attached hydrogen (secondary N) is 2. The van der Waals surface area contributed by atoms with Crippen molar-refractivity contribution in [2.45, 2.75) is 19.4 Å². The Bertz CT molecular complexity index is 274. The first-order valence-corrected chi connectivity index (χ1v) is 3.91. The minimum absolute atomic E-state index is 0.198. The van der Waals surface area contributed by atoms with E-state index >= 15 is 0 Å². The fourth-order valence-corrected chi connectivity index (χ4v) is 0.707. The van der Waals surface area contributed by atoms with Crippen molar-refractivity contribution in [1.29, 1.82) is 0 Å². The number of aromatic amines is 1. The molecule has 1 aromatic heterocycles. The van der Waals surface area contributed by atoms with Crippen LogP contribution in [0.4, 0.5) is 0 Å². The largest absolute Gasteiger partial charge is 0.348 e. The van der Waals surface area contributed by atoms with E-state index in [4.69, 9.17) is 5.73 Å². The molecule has 6 nitrogen and oxygen atoms in total. The molecule has 0 aliphatic carbocycles. The van der Waals surface area contributed by atoms with Gasteiger partial charge in [-0.1, -0.05) is 0 Å². The van der Waals surface area contributed by atoms with Crippen LogP contribution < -0.4 is 11.1 Å². The van der Waals surface area contributed by atoms with Gasteiger partial charge in [-0.15, -0.1) is 0 Å². The van der Waals surface area contributed by atoms with Crippen LogP contribution in [0, 0.1) is 0 Å². The molecule has 4 N–H and O–H groups in total. The molecule has 13 heavy (non-hydrogen) atoms. The molecule has 0 saturated heterocycles. The zero-order valence-corrected chi connectivity index (χ0v) is 7.66. The summed E-state index contributed by atoms with van der Waals surface area (Å²) < 4.78 is 0. The van der Waals surface area contributed by atoms with Crippen molar-refractivity contribution < 1.29 is 4.79 Å². The third-order valence-corrected chi connectivity index (χ3v) is 1.33. The summed E-state index contributed by atoms with van der Waals surface area (Å²) in [5.74, 6) is -0.0970. The topological polar surface area (TPSA) is 96.7 Å². The second-order valence-corrected chi connectivity index (χ2v) is 3.51. The fraction of sp³-hybridized carbons (Fsp3) is 0.571. The van der Waals surface area contributed by atoms with Gasteiger partial charge in [-0.05, 0) is 13.8 Å². The molecule has 0 bridgehead atoms. The third-order valence-electron chi connectivity index (χ3n) is 1.33. The van der Waals surface area contributed by atoms with Crippen LogP contribution in [0.1, 0.15) is 24.5 Å². The Balaban J connectivity index is 2.44. The molecule has 0 aliphatic rings. The van der Waals surface area contributed by atoms with Crippen LogP contribution in [0.3, 0.4) is 0 Å². The van der Waals surface area contributed by atoms with Gasteiger partial charge in [0, 0.05) is 12.1 Å². The van der Waals surface area contributed by atoms with Crippen molar-refractivity contribution in [2.24, 2.45) is 5.73 Å². The molecule has 0 fully saturated rings. The highest BCUT2D eigenvalue weighted by molar-refractivity contribution is 5.90. The maximum Gasteiger partial charge on any atom is 0.288 e. The van der Waals surface area contributed by atoms with Gasteiger partial charge in [0.15, 0.2) is 0 Å². The monoisotopic (exact) mass is 183 g/mol. The predicted molar refractivity (Wildman–Crippen MR) is 47.0 cm³/mol. The van der Waals surface area contributed by atoms with Crippen LogP contribution in [0.5, 0.6) is 0 Å². The number of carbonyl (C=O) groups is 1. The molecule has 0 aliphatic heterocycles. The molecule has 1 rings (SSSR count). The van der Waals surface area contributed by atoms with E-state index in [0.717, 1.165) is 0 Å². The molecular weight excluding hydrogens is 170 g/mol. The number of nitrogens with two attached hydrogens (primary N) is 1. The number of aromatic nitrogens is 3. The smallest absolute Gasteiger partial charge is 0.288 e.